The molecule has 29 heavy (non-hydrogen) atoms. The van der Waals surface area contributed by atoms with Gasteiger partial charge in [0, 0.05) is 13.1 Å². The molecule has 0 fully saturated rings. The van der Waals surface area contributed by atoms with Gasteiger partial charge in [0.1, 0.15) is 0 Å². The third-order valence-electron chi connectivity index (χ3n) is 4.31. The van der Waals surface area contributed by atoms with Gasteiger partial charge in [-0.1, -0.05) is 6.07 Å². The van der Waals surface area contributed by atoms with Gasteiger partial charge in [-0.2, -0.15) is 13.2 Å². The molecule has 0 atom stereocenters. The zero-order valence-corrected chi connectivity index (χ0v) is 15.2. The minimum Gasteiger partial charge on any atom is -0.330 e. The van der Waals surface area contributed by atoms with Crippen LogP contribution >= 0.6 is 0 Å². The maximum Gasteiger partial charge on any atom is 0.471 e. The van der Waals surface area contributed by atoms with Crippen LogP contribution < -0.4 is 4.72 Å². The minimum atomic E-state index is -5.06. The highest BCUT2D eigenvalue weighted by Crippen LogP contribution is 2.28. The Kier molecular flexibility index (Phi) is 5.24. The molecule has 0 saturated heterocycles. The van der Waals surface area contributed by atoms with Crippen LogP contribution in [-0.2, 0) is 27.8 Å². The normalized spacial score (nSPS) is 14.5. The van der Waals surface area contributed by atoms with Gasteiger partial charge in [0.05, 0.1) is 10.6 Å². The minimum absolute atomic E-state index is 0.0860. The molecule has 12 heteroatoms. The van der Waals surface area contributed by atoms with Gasteiger partial charge in [-0.25, -0.2) is 21.6 Å². The molecule has 0 unspecified atom stereocenters. The van der Waals surface area contributed by atoms with Gasteiger partial charge >= 0.3 is 12.1 Å². The summed E-state index contributed by atoms with van der Waals surface area (Å²) in [6, 6.07) is 4.77. The number of halogens is 6. The van der Waals surface area contributed by atoms with E-state index in [2.05, 4.69) is 0 Å². The van der Waals surface area contributed by atoms with E-state index in [4.69, 9.17) is 0 Å². The monoisotopic (exact) mass is 438 g/mol. The lowest BCUT2D eigenvalue weighted by molar-refractivity contribution is -0.186. The van der Waals surface area contributed by atoms with E-state index in [1.165, 1.54) is 6.07 Å². The smallest absolute Gasteiger partial charge is 0.330 e. The first-order valence-corrected chi connectivity index (χ1v) is 9.52. The molecule has 0 aromatic heterocycles. The quantitative estimate of drug-likeness (QED) is 0.591. The summed E-state index contributed by atoms with van der Waals surface area (Å²) in [6.07, 6.45) is -4.98. The van der Waals surface area contributed by atoms with E-state index in [0.717, 1.165) is 12.1 Å². The molecule has 1 aliphatic rings. The largest absolute Gasteiger partial charge is 0.471 e. The number of carbonyl (C=O) groups excluding carboxylic acids is 1. The fraction of sp³-hybridized carbons (Fsp3) is 0.235. The predicted molar refractivity (Wildman–Crippen MR) is 88.7 cm³/mol. The molecular weight excluding hydrogens is 426 g/mol. The molecule has 3 rings (SSSR count). The summed E-state index contributed by atoms with van der Waals surface area (Å²) in [5.41, 5.74) is -0.118. The molecule has 156 valence electrons. The molecule has 2 aromatic rings. The van der Waals surface area contributed by atoms with Crippen LogP contribution in [0.15, 0.2) is 35.2 Å². The van der Waals surface area contributed by atoms with E-state index in [9.17, 15) is 39.6 Å². The van der Waals surface area contributed by atoms with Gasteiger partial charge in [0.25, 0.3) is 10.0 Å². The van der Waals surface area contributed by atoms with Crippen molar-refractivity contribution in [1.29, 1.82) is 0 Å². The molecule has 0 bridgehead atoms. The van der Waals surface area contributed by atoms with Gasteiger partial charge in [-0.15, -0.1) is 0 Å². The standard InChI is InChI=1S/C17H12F6N2O3S/c18-12-3-4-13(15(20)14(12)19)24-29(27,28)11-2-1-9-5-6-25(8-10(9)7-11)16(26)17(21,22)23/h1-4,7,24H,5-6,8H2. The maximum atomic E-state index is 13.7. The van der Waals surface area contributed by atoms with E-state index in [-0.39, 0.29) is 18.5 Å². The second kappa shape index (κ2) is 7.25. The Morgan fingerprint density at radius 1 is 1.00 bits per heavy atom. The number of nitrogens with one attached hydrogen (secondary N) is 1. The number of amides is 1. The third kappa shape index (κ3) is 4.16. The van der Waals surface area contributed by atoms with Crippen molar-refractivity contribution in [3.05, 3.63) is 58.9 Å². The van der Waals surface area contributed by atoms with Crippen LogP contribution in [0.2, 0.25) is 0 Å². The van der Waals surface area contributed by atoms with Crippen LogP contribution in [0.1, 0.15) is 11.1 Å². The molecular formula is C17H12F6N2O3S. The summed E-state index contributed by atoms with van der Waals surface area (Å²) < 4.78 is 105. The first-order valence-electron chi connectivity index (χ1n) is 8.04. The number of hydrogen-bond acceptors (Lipinski definition) is 3. The molecule has 0 radical (unpaired) electrons. The summed E-state index contributed by atoms with van der Waals surface area (Å²) in [6.45, 7) is -0.646. The van der Waals surface area contributed by atoms with E-state index in [1.807, 2.05) is 0 Å². The lowest BCUT2D eigenvalue weighted by Crippen LogP contribution is -2.43. The second-order valence-corrected chi connectivity index (χ2v) is 7.92. The summed E-state index contributed by atoms with van der Waals surface area (Å²) in [5.74, 6) is -7.16. The number of benzene rings is 2. The summed E-state index contributed by atoms with van der Waals surface area (Å²) in [7, 11) is -4.47. The van der Waals surface area contributed by atoms with Crippen molar-refractivity contribution in [3.8, 4) is 0 Å². The zero-order chi connectivity index (χ0) is 21.6. The molecule has 0 aliphatic carbocycles. The predicted octanol–water partition coefficient (Wildman–Crippen LogP) is 3.35. The van der Waals surface area contributed by atoms with E-state index in [1.54, 1.807) is 4.72 Å². The number of carbonyl (C=O) groups is 1. The van der Waals surface area contributed by atoms with Crippen LogP contribution in [0.25, 0.3) is 0 Å². The average molecular weight is 438 g/mol. The number of rotatable bonds is 3. The molecule has 1 aliphatic heterocycles. The topological polar surface area (TPSA) is 66.5 Å². The van der Waals surface area contributed by atoms with E-state index < -0.39 is 56.7 Å². The number of anilines is 1. The third-order valence-corrected chi connectivity index (χ3v) is 5.67. The highest BCUT2D eigenvalue weighted by Gasteiger charge is 2.43. The fourth-order valence-electron chi connectivity index (χ4n) is 2.86. The Morgan fingerprint density at radius 2 is 1.69 bits per heavy atom. The molecule has 1 N–H and O–H groups in total. The van der Waals surface area contributed by atoms with Gasteiger partial charge < -0.3 is 4.90 Å². The molecule has 5 nitrogen and oxygen atoms in total. The zero-order valence-electron chi connectivity index (χ0n) is 14.4. The van der Waals surface area contributed by atoms with Gasteiger partial charge in [0.15, 0.2) is 17.5 Å². The molecule has 2 aromatic carbocycles. The van der Waals surface area contributed by atoms with Crippen LogP contribution in [0.4, 0.5) is 32.0 Å². The first kappa shape index (κ1) is 21.0. The molecule has 1 amide bonds. The Hall–Kier alpha value is -2.76. The van der Waals surface area contributed by atoms with Gasteiger partial charge in [0.2, 0.25) is 0 Å². The highest BCUT2D eigenvalue weighted by atomic mass is 32.2. The number of hydrogen-bond donors (Lipinski definition) is 1. The fourth-order valence-corrected chi connectivity index (χ4v) is 3.97. The number of nitrogens with zero attached hydrogens (tertiary/aromatic N) is 1. The van der Waals surface area contributed by atoms with Crippen molar-refractivity contribution in [2.75, 3.05) is 11.3 Å². The summed E-state index contributed by atoms with van der Waals surface area (Å²) in [4.78, 5) is 11.5. The average Bonchev–Trinajstić information content (AvgIpc) is 2.66. The van der Waals surface area contributed by atoms with Crippen LogP contribution in [0.3, 0.4) is 0 Å². The van der Waals surface area contributed by atoms with Crippen molar-refractivity contribution in [2.24, 2.45) is 0 Å². The lowest BCUT2D eigenvalue weighted by Gasteiger charge is -2.29. The van der Waals surface area contributed by atoms with Gasteiger partial charge in [-0.05, 0) is 41.8 Å². The highest BCUT2D eigenvalue weighted by molar-refractivity contribution is 7.92. The summed E-state index contributed by atoms with van der Waals surface area (Å²) in [5, 5.41) is 0. The van der Waals surface area contributed by atoms with Crippen LogP contribution in [-0.4, -0.2) is 31.9 Å². The van der Waals surface area contributed by atoms with Crippen molar-refractivity contribution in [2.45, 2.75) is 24.0 Å². The van der Waals surface area contributed by atoms with Crippen molar-refractivity contribution in [1.82, 2.24) is 4.90 Å². The number of sulfonamides is 1. The number of fused-ring (bicyclic) bond motifs is 1. The van der Waals surface area contributed by atoms with Crippen molar-refractivity contribution in [3.63, 3.8) is 0 Å². The Morgan fingerprint density at radius 3 is 2.34 bits per heavy atom. The SMILES string of the molecule is O=C(N1CCc2ccc(S(=O)(=O)Nc3ccc(F)c(F)c3F)cc2C1)C(F)(F)F. The van der Waals surface area contributed by atoms with E-state index >= 15 is 0 Å². The Balaban J connectivity index is 1.89. The van der Waals surface area contributed by atoms with Gasteiger partial charge in [-0.3, -0.25) is 9.52 Å². The Labute approximate surface area is 161 Å². The van der Waals surface area contributed by atoms with Crippen molar-refractivity contribution < 1.29 is 39.6 Å². The second-order valence-electron chi connectivity index (χ2n) is 6.23. The lowest BCUT2D eigenvalue weighted by atomic mass is 10.00. The number of alkyl halides is 3. The molecule has 0 spiro atoms. The molecule has 0 saturated carbocycles. The Bertz CT molecular complexity index is 1090. The maximum absolute atomic E-state index is 13.7. The van der Waals surface area contributed by atoms with Crippen molar-refractivity contribution >= 4 is 21.6 Å². The summed E-state index contributed by atoms with van der Waals surface area (Å²) >= 11 is 0. The van der Waals surface area contributed by atoms with Crippen LogP contribution in [0, 0.1) is 17.5 Å². The van der Waals surface area contributed by atoms with E-state index in [0.29, 0.717) is 22.6 Å². The molecule has 1 heterocycles. The van der Waals surface area contributed by atoms with Crippen LogP contribution in [0.5, 0.6) is 0 Å². The first-order chi connectivity index (χ1) is 13.4.